The predicted octanol–water partition coefficient (Wildman–Crippen LogP) is 2.83. The first-order chi connectivity index (χ1) is 7.24. The van der Waals surface area contributed by atoms with Crippen LogP contribution in [0, 0.1) is 11.8 Å². The SMILES string of the molecule is Cc1cccc(CCc2n[nH]c(=S)o2)c1. The molecule has 4 heteroatoms. The molecule has 0 spiro atoms. The minimum absolute atomic E-state index is 0.342. The summed E-state index contributed by atoms with van der Waals surface area (Å²) in [7, 11) is 0. The van der Waals surface area contributed by atoms with E-state index in [0.717, 1.165) is 12.8 Å². The molecule has 0 aliphatic carbocycles. The zero-order chi connectivity index (χ0) is 10.7. The van der Waals surface area contributed by atoms with E-state index in [2.05, 4.69) is 41.4 Å². The van der Waals surface area contributed by atoms with Crippen molar-refractivity contribution < 1.29 is 4.42 Å². The van der Waals surface area contributed by atoms with E-state index in [1.54, 1.807) is 0 Å². The van der Waals surface area contributed by atoms with Crippen molar-refractivity contribution >= 4 is 12.2 Å². The number of hydrogen-bond acceptors (Lipinski definition) is 3. The average Bonchev–Trinajstić information content (AvgIpc) is 2.62. The highest BCUT2D eigenvalue weighted by Crippen LogP contribution is 2.07. The van der Waals surface area contributed by atoms with E-state index < -0.39 is 0 Å². The second kappa shape index (κ2) is 4.40. The second-order valence-electron chi connectivity index (χ2n) is 3.50. The summed E-state index contributed by atoms with van der Waals surface area (Å²) in [5.41, 5.74) is 2.56. The summed E-state index contributed by atoms with van der Waals surface area (Å²) in [6.07, 6.45) is 1.70. The van der Waals surface area contributed by atoms with Crippen molar-refractivity contribution in [2.24, 2.45) is 0 Å². The van der Waals surface area contributed by atoms with E-state index in [1.807, 2.05) is 0 Å². The molecule has 0 atom stereocenters. The monoisotopic (exact) mass is 220 g/mol. The molecule has 0 saturated carbocycles. The first-order valence-corrected chi connectivity index (χ1v) is 5.25. The van der Waals surface area contributed by atoms with E-state index in [4.69, 9.17) is 16.6 Å². The van der Waals surface area contributed by atoms with Gasteiger partial charge in [-0.05, 0) is 31.1 Å². The van der Waals surface area contributed by atoms with E-state index in [9.17, 15) is 0 Å². The molecule has 0 bridgehead atoms. The molecule has 2 aromatic rings. The van der Waals surface area contributed by atoms with Crippen LogP contribution in [-0.2, 0) is 12.8 Å². The molecular weight excluding hydrogens is 208 g/mol. The summed E-state index contributed by atoms with van der Waals surface area (Å²) in [6, 6.07) is 8.42. The maximum absolute atomic E-state index is 5.18. The Balaban J connectivity index is 2.02. The van der Waals surface area contributed by atoms with Crippen LogP contribution in [0.25, 0.3) is 0 Å². The van der Waals surface area contributed by atoms with Crippen molar-refractivity contribution in [3.05, 3.63) is 46.1 Å². The fourth-order valence-electron chi connectivity index (χ4n) is 1.49. The van der Waals surface area contributed by atoms with Crippen molar-refractivity contribution in [1.29, 1.82) is 0 Å². The number of aromatic nitrogens is 2. The molecule has 0 saturated heterocycles. The van der Waals surface area contributed by atoms with Crippen LogP contribution < -0.4 is 0 Å². The highest BCUT2D eigenvalue weighted by atomic mass is 32.1. The number of H-pyrrole nitrogens is 1. The second-order valence-corrected chi connectivity index (χ2v) is 3.87. The molecule has 1 aromatic carbocycles. The van der Waals surface area contributed by atoms with Crippen LogP contribution in [0.2, 0.25) is 0 Å². The molecule has 0 aliphatic heterocycles. The molecule has 3 nitrogen and oxygen atoms in total. The highest BCUT2D eigenvalue weighted by Gasteiger charge is 2.00. The van der Waals surface area contributed by atoms with Crippen molar-refractivity contribution in [3.63, 3.8) is 0 Å². The van der Waals surface area contributed by atoms with Gasteiger partial charge in [0, 0.05) is 6.42 Å². The fraction of sp³-hybridized carbons (Fsp3) is 0.273. The first kappa shape index (κ1) is 10.1. The molecule has 0 radical (unpaired) electrons. The van der Waals surface area contributed by atoms with E-state index in [1.165, 1.54) is 11.1 Å². The Morgan fingerprint density at radius 3 is 2.93 bits per heavy atom. The Bertz CT molecular complexity index is 501. The third-order valence-corrected chi connectivity index (χ3v) is 2.37. The van der Waals surface area contributed by atoms with Crippen LogP contribution in [0.1, 0.15) is 17.0 Å². The Morgan fingerprint density at radius 2 is 2.27 bits per heavy atom. The maximum atomic E-state index is 5.18. The summed E-state index contributed by atoms with van der Waals surface area (Å²) < 4.78 is 5.18. The molecule has 0 fully saturated rings. The van der Waals surface area contributed by atoms with Crippen molar-refractivity contribution in [1.82, 2.24) is 10.2 Å². The number of nitrogens with one attached hydrogen (secondary N) is 1. The van der Waals surface area contributed by atoms with Crippen molar-refractivity contribution in [2.45, 2.75) is 19.8 Å². The summed E-state index contributed by atoms with van der Waals surface area (Å²) in [6.45, 7) is 2.09. The molecule has 0 amide bonds. The molecule has 1 aromatic heterocycles. The molecule has 1 N–H and O–H groups in total. The number of nitrogens with zero attached hydrogens (tertiary/aromatic N) is 1. The van der Waals surface area contributed by atoms with Gasteiger partial charge in [0.05, 0.1) is 0 Å². The van der Waals surface area contributed by atoms with Crippen LogP contribution in [0.15, 0.2) is 28.7 Å². The van der Waals surface area contributed by atoms with Gasteiger partial charge < -0.3 is 4.42 Å². The van der Waals surface area contributed by atoms with Gasteiger partial charge in [0.15, 0.2) is 0 Å². The largest absolute Gasteiger partial charge is 0.414 e. The Kier molecular flexibility index (Phi) is 2.97. The smallest absolute Gasteiger partial charge is 0.284 e. The summed E-state index contributed by atoms with van der Waals surface area (Å²) >= 11 is 4.80. The van der Waals surface area contributed by atoms with E-state index in [0.29, 0.717) is 10.7 Å². The molecular formula is C11H12N2OS. The summed E-state index contributed by atoms with van der Waals surface area (Å²) in [5.74, 6) is 0.668. The number of hydrogen-bond donors (Lipinski definition) is 1. The minimum Gasteiger partial charge on any atom is -0.414 e. The molecule has 2 rings (SSSR count). The fourth-order valence-corrected chi connectivity index (χ4v) is 1.63. The molecule has 15 heavy (non-hydrogen) atoms. The molecule has 0 unspecified atom stereocenters. The Labute approximate surface area is 93.1 Å². The lowest BCUT2D eigenvalue weighted by molar-refractivity contribution is 0.480. The highest BCUT2D eigenvalue weighted by molar-refractivity contribution is 7.71. The topological polar surface area (TPSA) is 41.8 Å². The first-order valence-electron chi connectivity index (χ1n) is 4.84. The molecule has 78 valence electrons. The van der Waals surface area contributed by atoms with Crippen LogP contribution in [-0.4, -0.2) is 10.2 Å². The van der Waals surface area contributed by atoms with Crippen LogP contribution in [0.5, 0.6) is 0 Å². The number of rotatable bonds is 3. The van der Waals surface area contributed by atoms with Gasteiger partial charge in [-0.2, -0.15) is 0 Å². The van der Waals surface area contributed by atoms with Gasteiger partial charge in [0.1, 0.15) is 0 Å². The number of aryl methyl sites for hydroxylation is 3. The van der Waals surface area contributed by atoms with Gasteiger partial charge in [0.2, 0.25) is 5.89 Å². The van der Waals surface area contributed by atoms with Crippen molar-refractivity contribution in [3.8, 4) is 0 Å². The standard InChI is InChI=1S/C11H12N2OS/c1-8-3-2-4-9(7-8)5-6-10-12-13-11(15)14-10/h2-4,7H,5-6H2,1H3,(H,13,15). The third kappa shape index (κ3) is 2.76. The van der Waals surface area contributed by atoms with E-state index >= 15 is 0 Å². The predicted molar refractivity (Wildman–Crippen MR) is 60.3 cm³/mol. The van der Waals surface area contributed by atoms with Gasteiger partial charge in [-0.15, -0.1) is 5.10 Å². The zero-order valence-electron chi connectivity index (χ0n) is 8.49. The van der Waals surface area contributed by atoms with Crippen LogP contribution >= 0.6 is 12.2 Å². The summed E-state index contributed by atoms with van der Waals surface area (Å²) in [4.78, 5) is 0.342. The van der Waals surface area contributed by atoms with Crippen LogP contribution in [0.4, 0.5) is 0 Å². The number of benzene rings is 1. The maximum Gasteiger partial charge on any atom is 0.284 e. The minimum atomic E-state index is 0.342. The Hall–Kier alpha value is -1.42. The average molecular weight is 220 g/mol. The zero-order valence-corrected chi connectivity index (χ0v) is 9.30. The summed E-state index contributed by atoms with van der Waals surface area (Å²) in [5, 5.41) is 6.57. The lowest BCUT2D eigenvalue weighted by Crippen LogP contribution is -1.92. The van der Waals surface area contributed by atoms with Gasteiger partial charge in [0.25, 0.3) is 4.84 Å². The lowest BCUT2D eigenvalue weighted by atomic mass is 10.1. The quantitative estimate of drug-likeness (QED) is 0.809. The lowest BCUT2D eigenvalue weighted by Gasteiger charge is -1.99. The van der Waals surface area contributed by atoms with Crippen molar-refractivity contribution in [2.75, 3.05) is 0 Å². The van der Waals surface area contributed by atoms with Gasteiger partial charge in [-0.1, -0.05) is 29.8 Å². The molecule has 0 aliphatic rings. The van der Waals surface area contributed by atoms with Gasteiger partial charge in [-0.3, -0.25) is 0 Å². The molecule has 1 heterocycles. The van der Waals surface area contributed by atoms with Gasteiger partial charge in [-0.25, -0.2) is 5.10 Å². The third-order valence-electron chi connectivity index (χ3n) is 2.19. The Morgan fingerprint density at radius 1 is 1.40 bits per heavy atom. The number of aromatic amines is 1. The normalized spacial score (nSPS) is 10.5. The van der Waals surface area contributed by atoms with E-state index in [-0.39, 0.29) is 0 Å². The van der Waals surface area contributed by atoms with Crippen LogP contribution in [0.3, 0.4) is 0 Å². The van der Waals surface area contributed by atoms with Gasteiger partial charge >= 0.3 is 0 Å².